The number of ether oxygens (including phenoxy) is 1. The van der Waals surface area contributed by atoms with E-state index in [1.165, 1.54) is 10.9 Å². The van der Waals surface area contributed by atoms with E-state index in [0.717, 1.165) is 31.1 Å². The van der Waals surface area contributed by atoms with Crippen LogP contribution in [0.25, 0.3) is 11.0 Å². The van der Waals surface area contributed by atoms with Crippen molar-refractivity contribution in [2.75, 3.05) is 25.0 Å². The number of nitrogens with zero attached hydrogens (tertiary/aromatic N) is 6. The van der Waals surface area contributed by atoms with Crippen LogP contribution in [0, 0.1) is 17.2 Å². The van der Waals surface area contributed by atoms with Gasteiger partial charge in [-0.15, -0.1) is 0 Å². The SMILES string of the molecule is CCCC(CC)OC(=O)n1ccc2c(N(C)[C@H]3CN(C(=O)CC#N)CC[C@H]3C)ncnc21. The topological polar surface area (TPSA) is 104 Å². The van der Waals surface area contributed by atoms with Crippen molar-refractivity contribution in [1.82, 2.24) is 19.4 Å². The van der Waals surface area contributed by atoms with Crippen LogP contribution >= 0.6 is 0 Å². The molecule has 0 saturated carbocycles. The molecule has 9 nitrogen and oxygen atoms in total. The van der Waals surface area contributed by atoms with Crippen LogP contribution in [0.3, 0.4) is 0 Å². The minimum atomic E-state index is -0.438. The average molecular weight is 441 g/mol. The first-order chi connectivity index (χ1) is 15.4. The van der Waals surface area contributed by atoms with Crippen molar-refractivity contribution in [2.45, 2.75) is 65.0 Å². The first-order valence-corrected chi connectivity index (χ1v) is 11.3. The molecule has 172 valence electrons. The summed E-state index contributed by atoms with van der Waals surface area (Å²) in [6, 6.07) is 3.81. The highest BCUT2D eigenvalue weighted by molar-refractivity contribution is 5.93. The first-order valence-electron chi connectivity index (χ1n) is 11.3. The molecular weight excluding hydrogens is 408 g/mol. The normalized spacial score (nSPS) is 19.4. The molecule has 3 rings (SSSR count). The maximum absolute atomic E-state index is 12.8. The first kappa shape index (κ1) is 23.5. The number of carbonyl (C=O) groups excluding carboxylic acids is 2. The Morgan fingerprint density at radius 2 is 2.16 bits per heavy atom. The van der Waals surface area contributed by atoms with Crippen LogP contribution < -0.4 is 4.90 Å². The highest BCUT2D eigenvalue weighted by Gasteiger charge is 2.33. The van der Waals surface area contributed by atoms with Crippen molar-refractivity contribution < 1.29 is 14.3 Å². The van der Waals surface area contributed by atoms with E-state index in [1.54, 1.807) is 11.1 Å². The van der Waals surface area contributed by atoms with Gasteiger partial charge in [0.05, 0.1) is 17.5 Å². The van der Waals surface area contributed by atoms with Crippen molar-refractivity contribution in [3.8, 4) is 6.07 Å². The number of piperidine rings is 1. The molecule has 0 bridgehead atoms. The van der Waals surface area contributed by atoms with Gasteiger partial charge in [0.1, 0.15) is 24.7 Å². The number of aromatic nitrogens is 3. The number of hydrogen-bond acceptors (Lipinski definition) is 7. The Labute approximate surface area is 189 Å². The summed E-state index contributed by atoms with van der Waals surface area (Å²) in [6.07, 6.45) is 5.85. The standard InChI is InChI=1S/C23H32N6O3/c1-5-7-17(6-2)32-23(31)29-13-10-18-21(25-15-26-22(18)29)27(4)19-14-28(12-9-16(19)3)20(30)8-11-24/h10,13,15-17,19H,5-9,12,14H2,1-4H3/t16-,17?,19+/m1/s1. The molecule has 3 heterocycles. The van der Waals surface area contributed by atoms with Gasteiger partial charge in [-0.3, -0.25) is 4.79 Å². The quantitative estimate of drug-likeness (QED) is 0.648. The number of rotatable bonds is 7. The molecule has 1 fully saturated rings. The average Bonchev–Trinajstić information content (AvgIpc) is 3.23. The van der Waals surface area contributed by atoms with Gasteiger partial charge in [-0.2, -0.15) is 5.26 Å². The minimum Gasteiger partial charge on any atom is -0.446 e. The number of anilines is 1. The predicted molar refractivity (Wildman–Crippen MR) is 121 cm³/mol. The third kappa shape index (κ3) is 4.85. The Balaban J connectivity index is 1.85. The number of nitriles is 1. The van der Waals surface area contributed by atoms with Crippen LogP contribution in [0.2, 0.25) is 0 Å². The Hall–Kier alpha value is -3.15. The Morgan fingerprint density at radius 1 is 1.38 bits per heavy atom. The third-order valence-electron chi connectivity index (χ3n) is 6.32. The van der Waals surface area contributed by atoms with Crippen molar-refractivity contribution in [3.05, 3.63) is 18.6 Å². The molecule has 32 heavy (non-hydrogen) atoms. The van der Waals surface area contributed by atoms with Gasteiger partial charge in [0.25, 0.3) is 0 Å². The lowest BCUT2D eigenvalue weighted by Gasteiger charge is -2.42. The van der Waals surface area contributed by atoms with Gasteiger partial charge < -0.3 is 14.5 Å². The van der Waals surface area contributed by atoms with Gasteiger partial charge >= 0.3 is 6.09 Å². The van der Waals surface area contributed by atoms with E-state index >= 15 is 0 Å². The number of carbonyl (C=O) groups is 2. The second kappa shape index (κ2) is 10.4. The van der Waals surface area contributed by atoms with E-state index < -0.39 is 6.09 Å². The van der Waals surface area contributed by atoms with E-state index in [9.17, 15) is 9.59 Å². The van der Waals surface area contributed by atoms with Crippen LogP contribution in [0.5, 0.6) is 0 Å². The minimum absolute atomic E-state index is 0.0359. The largest absolute Gasteiger partial charge is 0.446 e. The molecule has 1 amide bonds. The molecule has 1 unspecified atom stereocenters. The van der Waals surface area contributed by atoms with Crippen molar-refractivity contribution >= 4 is 28.9 Å². The number of likely N-dealkylation sites (N-methyl/N-ethyl adjacent to an activating group) is 1. The molecule has 0 spiro atoms. The molecule has 1 saturated heterocycles. The van der Waals surface area contributed by atoms with Gasteiger partial charge in [0, 0.05) is 26.3 Å². The molecule has 0 N–H and O–H groups in total. The maximum atomic E-state index is 12.8. The van der Waals surface area contributed by atoms with E-state index in [0.29, 0.717) is 30.5 Å². The van der Waals surface area contributed by atoms with Gasteiger partial charge in [0.2, 0.25) is 5.91 Å². The number of amides is 1. The number of fused-ring (bicyclic) bond motifs is 1. The summed E-state index contributed by atoms with van der Waals surface area (Å²) >= 11 is 0. The van der Waals surface area contributed by atoms with Crippen LogP contribution in [0.4, 0.5) is 10.6 Å². The fraction of sp³-hybridized carbons (Fsp3) is 0.609. The number of hydrogen-bond donors (Lipinski definition) is 0. The van der Waals surface area contributed by atoms with E-state index in [1.807, 2.05) is 26.1 Å². The maximum Gasteiger partial charge on any atom is 0.419 e. The van der Waals surface area contributed by atoms with Crippen molar-refractivity contribution in [3.63, 3.8) is 0 Å². The molecule has 2 aromatic heterocycles. The van der Waals surface area contributed by atoms with Crippen LogP contribution in [-0.4, -0.2) is 63.7 Å². The predicted octanol–water partition coefficient (Wildman–Crippen LogP) is 3.58. The smallest absolute Gasteiger partial charge is 0.419 e. The van der Waals surface area contributed by atoms with Gasteiger partial charge in [-0.1, -0.05) is 27.2 Å². The lowest BCUT2D eigenvalue weighted by molar-refractivity contribution is -0.131. The summed E-state index contributed by atoms with van der Waals surface area (Å²) in [7, 11) is 1.95. The molecule has 0 aliphatic carbocycles. The van der Waals surface area contributed by atoms with Crippen molar-refractivity contribution in [1.29, 1.82) is 5.26 Å². The zero-order valence-electron chi connectivity index (χ0n) is 19.3. The highest BCUT2D eigenvalue weighted by atomic mass is 16.6. The Bertz CT molecular complexity index is 997. The van der Waals surface area contributed by atoms with Gasteiger partial charge in [-0.25, -0.2) is 19.3 Å². The molecule has 9 heteroatoms. The summed E-state index contributed by atoms with van der Waals surface area (Å²) < 4.78 is 7.10. The van der Waals surface area contributed by atoms with E-state index in [4.69, 9.17) is 10.00 Å². The molecule has 1 aliphatic rings. The molecule has 2 aromatic rings. The number of likely N-dealkylation sites (tertiary alicyclic amines) is 1. The highest BCUT2D eigenvalue weighted by Crippen LogP contribution is 2.30. The monoisotopic (exact) mass is 440 g/mol. The second-order valence-electron chi connectivity index (χ2n) is 8.44. The Kier molecular flexibility index (Phi) is 7.67. The van der Waals surface area contributed by atoms with E-state index in [2.05, 4.69) is 28.7 Å². The summed E-state index contributed by atoms with van der Waals surface area (Å²) in [5, 5.41) is 9.63. The summed E-state index contributed by atoms with van der Waals surface area (Å²) in [5.41, 5.74) is 0.499. The summed E-state index contributed by atoms with van der Waals surface area (Å²) in [5.74, 6) is 0.897. The Morgan fingerprint density at radius 3 is 2.84 bits per heavy atom. The van der Waals surface area contributed by atoms with E-state index in [-0.39, 0.29) is 24.5 Å². The molecule has 0 aromatic carbocycles. The zero-order valence-corrected chi connectivity index (χ0v) is 19.3. The zero-order chi connectivity index (χ0) is 23.3. The molecule has 0 radical (unpaired) electrons. The van der Waals surface area contributed by atoms with Crippen LogP contribution in [0.15, 0.2) is 18.6 Å². The van der Waals surface area contributed by atoms with Crippen LogP contribution in [0.1, 0.15) is 52.9 Å². The summed E-state index contributed by atoms with van der Waals surface area (Å²) in [6.45, 7) is 7.42. The van der Waals surface area contributed by atoms with Crippen LogP contribution in [-0.2, 0) is 9.53 Å². The van der Waals surface area contributed by atoms with Gasteiger partial charge in [0.15, 0.2) is 5.65 Å². The lowest BCUT2D eigenvalue weighted by atomic mass is 9.92. The third-order valence-corrected chi connectivity index (χ3v) is 6.32. The fourth-order valence-electron chi connectivity index (χ4n) is 4.35. The summed E-state index contributed by atoms with van der Waals surface area (Å²) in [4.78, 5) is 37.7. The lowest BCUT2D eigenvalue weighted by Crippen LogP contribution is -2.52. The second-order valence-corrected chi connectivity index (χ2v) is 8.44. The van der Waals surface area contributed by atoms with Crippen molar-refractivity contribution in [2.24, 2.45) is 5.92 Å². The fourth-order valence-corrected chi connectivity index (χ4v) is 4.35. The van der Waals surface area contributed by atoms with Gasteiger partial charge in [-0.05, 0) is 31.2 Å². The molecular formula is C23H32N6O3. The molecule has 3 atom stereocenters. The molecule has 1 aliphatic heterocycles.